The highest BCUT2D eigenvalue weighted by molar-refractivity contribution is 6.31. The van der Waals surface area contributed by atoms with Gasteiger partial charge in [-0.3, -0.25) is 9.59 Å². The van der Waals surface area contributed by atoms with Crippen LogP contribution in [0.5, 0.6) is 0 Å². The SMILES string of the molecule is COCCN1C(=O)c2ccccc2C(C(=O)Nc2ccc(F)c(Cl)c2)C12CCCC2. The van der Waals surface area contributed by atoms with Crippen LogP contribution in [0, 0.1) is 5.82 Å². The molecular formula is C23H24ClFN2O3. The van der Waals surface area contributed by atoms with Crippen molar-refractivity contribution in [2.24, 2.45) is 0 Å². The lowest BCUT2D eigenvalue weighted by Gasteiger charge is -2.50. The van der Waals surface area contributed by atoms with Crippen molar-refractivity contribution in [1.82, 2.24) is 4.90 Å². The first-order chi connectivity index (χ1) is 14.5. The number of methoxy groups -OCH3 is 1. The number of amides is 2. The number of ether oxygens (including phenoxy) is 1. The normalized spacial score (nSPS) is 19.8. The van der Waals surface area contributed by atoms with E-state index in [9.17, 15) is 14.0 Å². The van der Waals surface area contributed by atoms with Crippen molar-refractivity contribution in [3.8, 4) is 0 Å². The molecule has 0 radical (unpaired) electrons. The summed E-state index contributed by atoms with van der Waals surface area (Å²) < 4.78 is 18.8. The van der Waals surface area contributed by atoms with E-state index in [-0.39, 0.29) is 16.8 Å². The smallest absolute Gasteiger partial charge is 0.254 e. The van der Waals surface area contributed by atoms with E-state index in [0.717, 1.165) is 31.2 Å². The van der Waals surface area contributed by atoms with Crippen LogP contribution in [0.1, 0.15) is 47.5 Å². The molecular weight excluding hydrogens is 407 g/mol. The summed E-state index contributed by atoms with van der Waals surface area (Å²) in [6.07, 6.45) is 3.40. The summed E-state index contributed by atoms with van der Waals surface area (Å²) in [6, 6.07) is 11.4. The topological polar surface area (TPSA) is 58.6 Å². The monoisotopic (exact) mass is 430 g/mol. The molecule has 2 aliphatic rings. The summed E-state index contributed by atoms with van der Waals surface area (Å²) in [6.45, 7) is 0.827. The Morgan fingerprint density at radius 1 is 1.27 bits per heavy atom. The van der Waals surface area contributed by atoms with Gasteiger partial charge in [-0.1, -0.05) is 42.6 Å². The largest absolute Gasteiger partial charge is 0.383 e. The maximum absolute atomic E-state index is 13.6. The van der Waals surface area contributed by atoms with Gasteiger partial charge < -0.3 is 15.0 Å². The van der Waals surface area contributed by atoms with Crippen molar-refractivity contribution in [3.05, 3.63) is 64.4 Å². The zero-order valence-electron chi connectivity index (χ0n) is 16.8. The number of hydrogen-bond acceptors (Lipinski definition) is 3. The van der Waals surface area contributed by atoms with Crippen molar-refractivity contribution in [2.45, 2.75) is 37.1 Å². The molecule has 30 heavy (non-hydrogen) atoms. The summed E-state index contributed by atoms with van der Waals surface area (Å²) in [5, 5.41) is 2.85. The number of fused-ring (bicyclic) bond motifs is 1. The third kappa shape index (κ3) is 3.48. The molecule has 1 atom stereocenters. The van der Waals surface area contributed by atoms with Gasteiger partial charge in [-0.15, -0.1) is 0 Å². The lowest BCUT2D eigenvalue weighted by molar-refractivity contribution is -0.121. The van der Waals surface area contributed by atoms with E-state index in [2.05, 4.69) is 5.32 Å². The Balaban J connectivity index is 1.77. The van der Waals surface area contributed by atoms with Gasteiger partial charge in [-0.05, 0) is 42.7 Å². The first-order valence-electron chi connectivity index (χ1n) is 10.1. The van der Waals surface area contributed by atoms with Crippen LogP contribution in [0.3, 0.4) is 0 Å². The van der Waals surface area contributed by atoms with Crippen LogP contribution in [-0.2, 0) is 9.53 Å². The van der Waals surface area contributed by atoms with E-state index >= 15 is 0 Å². The molecule has 2 aromatic carbocycles. The Morgan fingerprint density at radius 3 is 2.70 bits per heavy atom. The Kier molecular flexibility index (Phi) is 5.80. The molecule has 0 saturated heterocycles. The van der Waals surface area contributed by atoms with Crippen LogP contribution < -0.4 is 5.32 Å². The first-order valence-corrected chi connectivity index (χ1v) is 10.5. The van der Waals surface area contributed by atoms with E-state index in [1.807, 2.05) is 23.1 Å². The molecule has 2 aromatic rings. The standard InChI is InChI=1S/C23H24ClFN2O3/c1-30-13-12-27-22(29)17-7-3-2-6-16(17)20(23(27)10-4-5-11-23)21(28)26-15-8-9-19(25)18(24)14-15/h2-3,6-9,14,20H,4-5,10-13H2,1H3,(H,26,28). The molecule has 1 saturated carbocycles. The van der Waals surface area contributed by atoms with Gasteiger partial charge in [0.2, 0.25) is 5.91 Å². The number of halogens is 2. The van der Waals surface area contributed by atoms with Gasteiger partial charge in [0.1, 0.15) is 5.82 Å². The fourth-order valence-electron chi connectivity index (χ4n) is 4.96. The van der Waals surface area contributed by atoms with E-state index in [0.29, 0.717) is 24.4 Å². The zero-order chi connectivity index (χ0) is 21.3. The van der Waals surface area contributed by atoms with Crippen molar-refractivity contribution in [3.63, 3.8) is 0 Å². The quantitative estimate of drug-likeness (QED) is 0.753. The van der Waals surface area contributed by atoms with Gasteiger partial charge in [-0.2, -0.15) is 0 Å². The molecule has 0 aromatic heterocycles. The van der Waals surface area contributed by atoms with E-state index in [1.54, 1.807) is 13.2 Å². The third-order valence-corrected chi connectivity index (χ3v) is 6.55. The number of carbonyl (C=O) groups is 2. The zero-order valence-corrected chi connectivity index (χ0v) is 17.5. The lowest BCUT2D eigenvalue weighted by Crippen LogP contribution is -2.60. The van der Waals surface area contributed by atoms with Gasteiger partial charge >= 0.3 is 0 Å². The maximum Gasteiger partial charge on any atom is 0.254 e. The molecule has 7 heteroatoms. The van der Waals surface area contributed by atoms with Crippen LogP contribution in [0.15, 0.2) is 42.5 Å². The average Bonchev–Trinajstić information content (AvgIpc) is 3.20. The van der Waals surface area contributed by atoms with Crippen LogP contribution in [0.25, 0.3) is 0 Å². The van der Waals surface area contributed by atoms with Crippen molar-refractivity contribution >= 4 is 29.1 Å². The second-order valence-electron chi connectivity index (χ2n) is 7.90. The number of hydrogen-bond donors (Lipinski definition) is 1. The predicted molar refractivity (Wildman–Crippen MR) is 113 cm³/mol. The van der Waals surface area contributed by atoms with E-state index in [1.165, 1.54) is 18.2 Å². The molecule has 1 unspecified atom stereocenters. The molecule has 0 bridgehead atoms. The van der Waals surface area contributed by atoms with E-state index in [4.69, 9.17) is 16.3 Å². The number of rotatable bonds is 5. The summed E-state index contributed by atoms with van der Waals surface area (Å²) in [4.78, 5) is 28.8. The molecule has 158 valence electrons. The van der Waals surface area contributed by atoms with Gasteiger partial charge in [0, 0.05) is 24.9 Å². The second-order valence-corrected chi connectivity index (χ2v) is 8.31. The van der Waals surface area contributed by atoms with E-state index < -0.39 is 17.3 Å². The Bertz CT molecular complexity index is 975. The number of nitrogens with one attached hydrogen (secondary N) is 1. The predicted octanol–water partition coefficient (Wildman–Crippen LogP) is 4.62. The molecule has 1 fully saturated rings. The highest BCUT2D eigenvalue weighted by atomic mass is 35.5. The minimum Gasteiger partial charge on any atom is -0.383 e. The Labute approximate surface area is 180 Å². The summed E-state index contributed by atoms with van der Waals surface area (Å²) in [5.74, 6) is -1.35. The van der Waals surface area contributed by atoms with Crippen molar-refractivity contribution < 1.29 is 18.7 Å². The average molecular weight is 431 g/mol. The highest BCUT2D eigenvalue weighted by Crippen LogP contribution is 2.50. The fourth-order valence-corrected chi connectivity index (χ4v) is 5.14. The number of carbonyl (C=O) groups excluding carboxylic acids is 2. The van der Waals surface area contributed by atoms with Crippen molar-refractivity contribution in [2.75, 3.05) is 25.6 Å². The molecule has 1 N–H and O–H groups in total. The van der Waals surface area contributed by atoms with Gasteiger partial charge in [0.25, 0.3) is 5.91 Å². The summed E-state index contributed by atoms with van der Waals surface area (Å²) >= 11 is 5.89. The minimum absolute atomic E-state index is 0.0516. The first kappa shape index (κ1) is 20.8. The van der Waals surface area contributed by atoms with Crippen LogP contribution >= 0.6 is 11.6 Å². The van der Waals surface area contributed by atoms with Crippen molar-refractivity contribution in [1.29, 1.82) is 0 Å². The van der Waals surface area contributed by atoms with Crippen LogP contribution in [-0.4, -0.2) is 42.5 Å². The Morgan fingerprint density at radius 2 is 2.00 bits per heavy atom. The molecule has 2 amide bonds. The van der Waals surface area contributed by atoms with Crippen LogP contribution in [0.4, 0.5) is 10.1 Å². The third-order valence-electron chi connectivity index (χ3n) is 6.26. The molecule has 1 heterocycles. The fraction of sp³-hybridized carbons (Fsp3) is 0.391. The number of benzene rings is 2. The molecule has 1 aliphatic heterocycles. The molecule has 1 spiro atoms. The van der Waals surface area contributed by atoms with Gasteiger partial charge in [0.05, 0.1) is 23.1 Å². The molecule has 4 rings (SSSR count). The highest BCUT2D eigenvalue weighted by Gasteiger charge is 2.55. The summed E-state index contributed by atoms with van der Waals surface area (Å²) in [5.41, 5.74) is 1.11. The molecule has 1 aliphatic carbocycles. The minimum atomic E-state index is -0.599. The Hall–Kier alpha value is -2.44. The van der Waals surface area contributed by atoms with Gasteiger partial charge in [-0.25, -0.2) is 4.39 Å². The lowest BCUT2D eigenvalue weighted by atomic mass is 9.71. The van der Waals surface area contributed by atoms with Gasteiger partial charge in [0.15, 0.2) is 0 Å². The maximum atomic E-state index is 13.6. The summed E-state index contributed by atoms with van der Waals surface area (Å²) in [7, 11) is 1.60. The second kappa shape index (κ2) is 8.36. The number of nitrogens with zero attached hydrogens (tertiary/aromatic N) is 1. The molecule has 5 nitrogen and oxygen atoms in total. The number of anilines is 1. The van der Waals surface area contributed by atoms with Crippen LogP contribution in [0.2, 0.25) is 5.02 Å².